The third-order valence-corrected chi connectivity index (χ3v) is 5.23. The van der Waals surface area contributed by atoms with Gasteiger partial charge in [-0.15, -0.1) is 11.3 Å². The molecule has 1 aliphatic heterocycles. The van der Waals surface area contributed by atoms with Crippen molar-refractivity contribution in [2.45, 2.75) is 19.4 Å². The maximum Gasteiger partial charge on any atom is 0.302 e. The fourth-order valence-corrected chi connectivity index (χ4v) is 3.86. The van der Waals surface area contributed by atoms with Crippen LogP contribution in [0.25, 0.3) is 5.76 Å². The first kappa shape index (κ1) is 18.9. The van der Waals surface area contributed by atoms with Crippen LogP contribution in [0.15, 0.2) is 64.2 Å². The van der Waals surface area contributed by atoms with Crippen molar-refractivity contribution in [2.24, 2.45) is 0 Å². The molecule has 0 bridgehead atoms. The average molecular weight is 410 g/mol. The Labute approximate surface area is 170 Å². The minimum atomic E-state index is -0.906. The van der Waals surface area contributed by atoms with E-state index in [-0.39, 0.29) is 11.3 Å². The van der Waals surface area contributed by atoms with Crippen molar-refractivity contribution in [2.75, 3.05) is 11.5 Å². The molecule has 1 atom stereocenters. The van der Waals surface area contributed by atoms with Crippen molar-refractivity contribution >= 4 is 33.9 Å². The van der Waals surface area contributed by atoms with Crippen LogP contribution >= 0.6 is 11.3 Å². The van der Waals surface area contributed by atoms with Crippen LogP contribution in [0.4, 0.5) is 5.13 Å². The van der Waals surface area contributed by atoms with E-state index >= 15 is 0 Å². The number of hydrogen-bond donors (Lipinski definition) is 1. The summed E-state index contributed by atoms with van der Waals surface area (Å²) in [6.07, 6.45) is 3.84. The molecule has 1 unspecified atom stereocenters. The standard InChI is InChI=1S/C21H18N2O5S/c1-2-9-27-14-6-3-5-13(12-14)18(24)16-17(15-7-4-10-28-15)23(20(26)19(16)25)21-22-8-11-29-21/h3-8,10-12,17,24H,2,9H2,1H3/b18-16+. The first-order valence-electron chi connectivity index (χ1n) is 9.09. The average Bonchev–Trinajstić information content (AvgIpc) is 3.48. The highest BCUT2D eigenvalue weighted by Crippen LogP contribution is 2.42. The highest BCUT2D eigenvalue weighted by atomic mass is 32.1. The molecule has 1 fully saturated rings. The molecule has 3 aromatic rings. The summed E-state index contributed by atoms with van der Waals surface area (Å²) in [5.74, 6) is -0.912. The molecular weight excluding hydrogens is 392 g/mol. The van der Waals surface area contributed by atoms with Crippen LogP contribution in [0.3, 0.4) is 0 Å². The van der Waals surface area contributed by atoms with E-state index in [1.807, 2.05) is 6.92 Å². The van der Waals surface area contributed by atoms with Gasteiger partial charge in [0.2, 0.25) is 0 Å². The molecule has 3 heterocycles. The molecule has 0 spiro atoms. The molecule has 29 heavy (non-hydrogen) atoms. The maximum absolute atomic E-state index is 12.9. The molecule has 1 aliphatic rings. The summed E-state index contributed by atoms with van der Waals surface area (Å²) < 4.78 is 11.1. The number of ketones is 1. The highest BCUT2D eigenvalue weighted by molar-refractivity contribution is 7.14. The van der Waals surface area contributed by atoms with Crippen molar-refractivity contribution in [3.05, 3.63) is 71.1 Å². The summed E-state index contributed by atoms with van der Waals surface area (Å²) in [4.78, 5) is 31.1. The van der Waals surface area contributed by atoms with Gasteiger partial charge in [0.25, 0.3) is 5.78 Å². The summed E-state index contributed by atoms with van der Waals surface area (Å²) in [7, 11) is 0. The molecule has 0 saturated carbocycles. The van der Waals surface area contributed by atoms with Gasteiger partial charge in [0, 0.05) is 17.1 Å². The van der Waals surface area contributed by atoms with Gasteiger partial charge in [0.05, 0.1) is 18.4 Å². The van der Waals surface area contributed by atoms with Crippen molar-refractivity contribution < 1.29 is 23.8 Å². The molecule has 8 heteroatoms. The van der Waals surface area contributed by atoms with Crippen LogP contribution in [0.5, 0.6) is 5.75 Å². The Morgan fingerprint density at radius 1 is 1.31 bits per heavy atom. The molecule has 148 valence electrons. The number of benzene rings is 1. The molecule has 1 N–H and O–H groups in total. The Hall–Kier alpha value is -3.39. The number of Topliss-reactive ketones (excluding diaryl/α,β-unsaturated/α-hetero) is 1. The molecular formula is C21H18N2O5S. The Morgan fingerprint density at radius 2 is 2.17 bits per heavy atom. The van der Waals surface area contributed by atoms with E-state index in [0.29, 0.717) is 28.8 Å². The van der Waals surface area contributed by atoms with Gasteiger partial charge in [-0.1, -0.05) is 19.1 Å². The van der Waals surface area contributed by atoms with Crippen LogP contribution in [0, 0.1) is 0 Å². The van der Waals surface area contributed by atoms with Gasteiger partial charge in [-0.2, -0.15) is 0 Å². The van der Waals surface area contributed by atoms with Gasteiger partial charge < -0.3 is 14.3 Å². The number of thiazole rings is 1. The lowest BCUT2D eigenvalue weighted by molar-refractivity contribution is -0.132. The lowest BCUT2D eigenvalue weighted by Crippen LogP contribution is -2.29. The zero-order valence-electron chi connectivity index (χ0n) is 15.6. The van der Waals surface area contributed by atoms with Crippen molar-refractivity contribution in [3.63, 3.8) is 0 Å². The van der Waals surface area contributed by atoms with Gasteiger partial charge in [0.15, 0.2) is 5.13 Å². The maximum atomic E-state index is 12.9. The second kappa shape index (κ2) is 7.92. The number of ether oxygens (including phenoxy) is 1. The zero-order chi connectivity index (χ0) is 20.4. The topological polar surface area (TPSA) is 92.9 Å². The molecule has 1 amide bonds. The largest absolute Gasteiger partial charge is 0.507 e. The van der Waals surface area contributed by atoms with Gasteiger partial charge in [-0.3, -0.25) is 14.5 Å². The fourth-order valence-electron chi connectivity index (χ4n) is 3.19. The van der Waals surface area contributed by atoms with Crippen molar-refractivity contribution in [1.82, 2.24) is 4.98 Å². The second-order valence-corrected chi connectivity index (χ2v) is 7.25. The summed E-state index contributed by atoms with van der Waals surface area (Å²) in [5.41, 5.74) is 0.333. The number of nitrogens with zero attached hydrogens (tertiary/aromatic N) is 2. The Balaban J connectivity index is 1.84. The minimum Gasteiger partial charge on any atom is -0.507 e. The van der Waals surface area contributed by atoms with E-state index in [1.54, 1.807) is 48.0 Å². The third kappa shape index (κ3) is 3.42. The molecule has 2 aromatic heterocycles. The van der Waals surface area contributed by atoms with E-state index in [4.69, 9.17) is 9.15 Å². The molecule has 0 aliphatic carbocycles. The first-order valence-corrected chi connectivity index (χ1v) is 9.97. The molecule has 4 rings (SSSR count). The van der Waals surface area contributed by atoms with Crippen LogP contribution in [-0.2, 0) is 9.59 Å². The number of aromatic nitrogens is 1. The number of anilines is 1. The van der Waals surface area contributed by atoms with E-state index < -0.39 is 17.7 Å². The normalized spacial score (nSPS) is 18.4. The number of aliphatic hydroxyl groups excluding tert-OH is 1. The van der Waals surface area contributed by atoms with E-state index in [0.717, 1.165) is 6.42 Å². The first-order chi connectivity index (χ1) is 14.1. The molecule has 0 radical (unpaired) electrons. The number of carbonyl (C=O) groups excluding carboxylic acids is 2. The third-order valence-electron chi connectivity index (χ3n) is 4.46. The lowest BCUT2D eigenvalue weighted by Gasteiger charge is -2.20. The monoisotopic (exact) mass is 410 g/mol. The number of amides is 1. The second-order valence-electron chi connectivity index (χ2n) is 6.38. The van der Waals surface area contributed by atoms with Gasteiger partial charge in [-0.05, 0) is 30.7 Å². The van der Waals surface area contributed by atoms with E-state index in [9.17, 15) is 14.7 Å². The van der Waals surface area contributed by atoms with Crippen LogP contribution in [0.2, 0.25) is 0 Å². The van der Waals surface area contributed by atoms with Gasteiger partial charge in [-0.25, -0.2) is 4.98 Å². The van der Waals surface area contributed by atoms with Gasteiger partial charge in [0.1, 0.15) is 23.3 Å². The van der Waals surface area contributed by atoms with Crippen LogP contribution < -0.4 is 9.64 Å². The summed E-state index contributed by atoms with van der Waals surface area (Å²) >= 11 is 1.22. The number of rotatable bonds is 6. The fraction of sp³-hybridized carbons (Fsp3) is 0.190. The van der Waals surface area contributed by atoms with Crippen LogP contribution in [0.1, 0.15) is 30.7 Å². The van der Waals surface area contributed by atoms with Crippen LogP contribution in [-0.4, -0.2) is 28.4 Å². The summed E-state index contributed by atoms with van der Waals surface area (Å²) in [5, 5.41) is 13.1. The predicted molar refractivity (Wildman–Crippen MR) is 108 cm³/mol. The number of furan rings is 1. The molecule has 1 saturated heterocycles. The van der Waals surface area contributed by atoms with Crippen molar-refractivity contribution in [3.8, 4) is 5.75 Å². The Kier molecular flexibility index (Phi) is 5.18. The highest BCUT2D eigenvalue weighted by Gasteiger charge is 2.49. The minimum absolute atomic E-state index is 0.0483. The van der Waals surface area contributed by atoms with Gasteiger partial charge >= 0.3 is 5.91 Å². The predicted octanol–water partition coefficient (Wildman–Crippen LogP) is 4.15. The Bertz CT molecular complexity index is 1060. The number of hydrogen-bond acceptors (Lipinski definition) is 7. The molecule has 7 nitrogen and oxygen atoms in total. The number of aliphatic hydroxyl groups is 1. The quantitative estimate of drug-likeness (QED) is 0.373. The zero-order valence-corrected chi connectivity index (χ0v) is 16.4. The smallest absolute Gasteiger partial charge is 0.302 e. The summed E-state index contributed by atoms with van der Waals surface area (Å²) in [6, 6.07) is 9.20. The van der Waals surface area contributed by atoms with Crippen molar-refractivity contribution in [1.29, 1.82) is 0 Å². The molecule has 1 aromatic carbocycles. The van der Waals surface area contributed by atoms with E-state index in [2.05, 4.69) is 4.98 Å². The van der Waals surface area contributed by atoms with E-state index in [1.165, 1.54) is 22.5 Å². The number of carbonyl (C=O) groups is 2. The summed E-state index contributed by atoms with van der Waals surface area (Å²) in [6.45, 7) is 2.53. The SMILES string of the molecule is CCCOc1cccc(/C(O)=C2\C(=O)C(=O)N(c3nccs3)C2c2ccco2)c1. The Morgan fingerprint density at radius 3 is 2.86 bits per heavy atom. The lowest BCUT2D eigenvalue weighted by atomic mass is 9.99.